The van der Waals surface area contributed by atoms with E-state index in [1.807, 2.05) is 12.1 Å². The summed E-state index contributed by atoms with van der Waals surface area (Å²) in [5.74, 6) is 0. The van der Waals surface area contributed by atoms with Crippen LogP contribution in [0, 0.1) is 0 Å². The minimum absolute atomic E-state index is 0.251. The molecule has 0 spiro atoms. The van der Waals surface area contributed by atoms with Crippen LogP contribution < -0.4 is 0 Å². The Hall–Kier alpha value is -0.430. The molecule has 0 aliphatic carbocycles. The third-order valence-corrected chi connectivity index (χ3v) is 3.49. The molecule has 0 heterocycles. The maximum atomic E-state index is 4.23. The maximum absolute atomic E-state index is 4.23. The molecule has 0 aromatic heterocycles. The van der Waals surface area contributed by atoms with E-state index < -0.39 is 0 Å². The van der Waals surface area contributed by atoms with E-state index in [0.717, 1.165) is 4.90 Å². The molecule has 1 rings (SSSR count). The summed E-state index contributed by atoms with van der Waals surface area (Å²) in [6, 6.07) is 8.32. The third-order valence-electron chi connectivity index (χ3n) is 3.19. The highest BCUT2D eigenvalue weighted by molar-refractivity contribution is 7.80. The summed E-state index contributed by atoms with van der Waals surface area (Å²) in [6.07, 6.45) is 8.49. The van der Waals surface area contributed by atoms with E-state index in [1.165, 1.54) is 44.1 Å². The molecule has 0 bridgehead atoms. The van der Waals surface area contributed by atoms with Gasteiger partial charge < -0.3 is 0 Å². The first kappa shape index (κ1) is 18.6. The van der Waals surface area contributed by atoms with Crippen LogP contribution in [0.15, 0.2) is 29.2 Å². The number of unbranched alkanes of at least 4 members (excludes halogenated alkanes) is 5. The second kappa shape index (κ2) is 10.4. The molecule has 0 nitrogen and oxygen atoms in total. The zero-order valence-corrected chi connectivity index (χ0v) is 14.4. The lowest BCUT2D eigenvalue weighted by Crippen LogP contribution is -2.10. The van der Waals surface area contributed by atoms with Gasteiger partial charge in [0.05, 0.1) is 0 Å². The van der Waals surface area contributed by atoms with Gasteiger partial charge in [0.25, 0.3) is 0 Å². The predicted octanol–water partition coefficient (Wildman–Crippen LogP) is 6.64. The third kappa shape index (κ3) is 10.1. The molecule has 19 heavy (non-hydrogen) atoms. The number of hydrogen-bond acceptors (Lipinski definition) is 1. The van der Waals surface area contributed by atoms with Crippen molar-refractivity contribution in [3.63, 3.8) is 0 Å². The van der Waals surface area contributed by atoms with E-state index in [2.05, 4.69) is 59.4 Å². The summed E-state index contributed by atoms with van der Waals surface area (Å²) < 4.78 is 0. The Labute approximate surface area is 126 Å². The molecule has 110 valence electrons. The molecule has 0 N–H and O–H groups in total. The molecular formula is C18H32S. The Kier molecular flexibility index (Phi) is 10.1. The summed E-state index contributed by atoms with van der Waals surface area (Å²) in [4.78, 5) is 1.03. The van der Waals surface area contributed by atoms with Crippen LogP contribution in [0.25, 0.3) is 0 Å². The fourth-order valence-electron chi connectivity index (χ4n) is 1.81. The van der Waals surface area contributed by atoms with Crippen molar-refractivity contribution in [2.45, 2.75) is 83.5 Å². The molecule has 1 heteroatoms. The fourth-order valence-corrected chi connectivity index (χ4v) is 1.96. The van der Waals surface area contributed by atoms with Crippen LogP contribution in [0.2, 0.25) is 0 Å². The quantitative estimate of drug-likeness (QED) is 0.453. The highest BCUT2D eigenvalue weighted by Gasteiger charge is 2.11. The van der Waals surface area contributed by atoms with E-state index >= 15 is 0 Å². The van der Waals surface area contributed by atoms with Crippen LogP contribution in [0.1, 0.15) is 78.7 Å². The standard InChI is InChI=1S/C10H14S.C8H18/c1-10(2,3)8-4-6-9(11)7-5-8;1-3-5-7-8-6-4-2/h4-7,11H,1-3H3;3-8H2,1-2H3. The molecule has 0 radical (unpaired) electrons. The monoisotopic (exact) mass is 280 g/mol. The van der Waals surface area contributed by atoms with Crippen molar-refractivity contribution in [2.24, 2.45) is 0 Å². The molecule has 0 saturated carbocycles. The maximum Gasteiger partial charge on any atom is 0.00401 e. The van der Waals surface area contributed by atoms with Crippen molar-refractivity contribution in [1.29, 1.82) is 0 Å². The van der Waals surface area contributed by atoms with Gasteiger partial charge in [-0.05, 0) is 23.1 Å². The minimum Gasteiger partial charge on any atom is -0.143 e. The minimum atomic E-state index is 0.251. The highest BCUT2D eigenvalue weighted by Crippen LogP contribution is 2.22. The SMILES string of the molecule is CC(C)(C)c1ccc(S)cc1.CCCCCCCC. The number of benzene rings is 1. The molecule has 0 aliphatic rings. The lowest BCUT2D eigenvalue weighted by molar-refractivity contribution is 0.590. The Morgan fingerprint density at radius 3 is 1.53 bits per heavy atom. The summed E-state index contributed by atoms with van der Waals surface area (Å²) >= 11 is 4.23. The van der Waals surface area contributed by atoms with Gasteiger partial charge in [-0.3, -0.25) is 0 Å². The Morgan fingerprint density at radius 1 is 0.789 bits per heavy atom. The largest absolute Gasteiger partial charge is 0.143 e. The fraction of sp³-hybridized carbons (Fsp3) is 0.667. The van der Waals surface area contributed by atoms with E-state index in [9.17, 15) is 0 Å². The van der Waals surface area contributed by atoms with Gasteiger partial charge >= 0.3 is 0 Å². The summed E-state index contributed by atoms with van der Waals surface area (Å²) in [6.45, 7) is 11.1. The molecule has 0 atom stereocenters. The van der Waals surface area contributed by atoms with E-state index in [1.54, 1.807) is 0 Å². The van der Waals surface area contributed by atoms with Gasteiger partial charge in [-0.2, -0.15) is 0 Å². The molecule has 0 fully saturated rings. The molecule has 1 aromatic carbocycles. The van der Waals surface area contributed by atoms with E-state index in [0.29, 0.717) is 0 Å². The van der Waals surface area contributed by atoms with Crippen LogP contribution in [-0.4, -0.2) is 0 Å². The van der Waals surface area contributed by atoms with Crippen LogP contribution in [0.4, 0.5) is 0 Å². The van der Waals surface area contributed by atoms with Crippen molar-refractivity contribution in [3.8, 4) is 0 Å². The lowest BCUT2D eigenvalue weighted by atomic mass is 9.87. The molecule has 0 aliphatic heterocycles. The first-order valence-corrected chi connectivity index (χ1v) is 8.16. The summed E-state index contributed by atoms with van der Waals surface area (Å²) in [5.41, 5.74) is 1.61. The predicted molar refractivity (Wildman–Crippen MR) is 91.4 cm³/mol. The van der Waals surface area contributed by atoms with Crippen molar-refractivity contribution in [2.75, 3.05) is 0 Å². The van der Waals surface area contributed by atoms with Gasteiger partial charge in [0, 0.05) is 4.90 Å². The van der Waals surface area contributed by atoms with Crippen molar-refractivity contribution < 1.29 is 0 Å². The van der Waals surface area contributed by atoms with Gasteiger partial charge in [0.15, 0.2) is 0 Å². The second-order valence-corrected chi connectivity index (χ2v) is 6.73. The van der Waals surface area contributed by atoms with Crippen LogP contribution >= 0.6 is 12.6 Å². The van der Waals surface area contributed by atoms with Gasteiger partial charge in [-0.25, -0.2) is 0 Å². The molecule has 0 unspecified atom stereocenters. The van der Waals surface area contributed by atoms with Crippen LogP contribution in [0.3, 0.4) is 0 Å². The summed E-state index contributed by atoms with van der Waals surface area (Å²) in [5, 5.41) is 0. The van der Waals surface area contributed by atoms with E-state index in [-0.39, 0.29) is 5.41 Å². The van der Waals surface area contributed by atoms with Crippen molar-refractivity contribution >= 4 is 12.6 Å². The zero-order valence-electron chi connectivity index (χ0n) is 13.5. The average Bonchev–Trinajstić information content (AvgIpc) is 2.35. The highest BCUT2D eigenvalue weighted by atomic mass is 32.1. The average molecular weight is 281 g/mol. The van der Waals surface area contributed by atoms with Crippen molar-refractivity contribution in [3.05, 3.63) is 29.8 Å². The first-order chi connectivity index (χ1) is 8.91. The molecule has 0 amide bonds. The van der Waals surface area contributed by atoms with Gasteiger partial charge in [0.1, 0.15) is 0 Å². The lowest BCUT2D eigenvalue weighted by Gasteiger charge is -2.18. The molecular weight excluding hydrogens is 248 g/mol. The number of thiol groups is 1. The second-order valence-electron chi connectivity index (χ2n) is 6.21. The van der Waals surface area contributed by atoms with Crippen molar-refractivity contribution in [1.82, 2.24) is 0 Å². The number of rotatable bonds is 5. The van der Waals surface area contributed by atoms with Crippen LogP contribution in [-0.2, 0) is 5.41 Å². The smallest absolute Gasteiger partial charge is 0.00401 e. The number of hydrogen-bond donors (Lipinski definition) is 1. The topological polar surface area (TPSA) is 0 Å². The molecule has 0 saturated heterocycles. The van der Waals surface area contributed by atoms with Crippen LogP contribution in [0.5, 0.6) is 0 Å². The van der Waals surface area contributed by atoms with E-state index in [4.69, 9.17) is 0 Å². The first-order valence-electron chi connectivity index (χ1n) is 7.71. The van der Waals surface area contributed by atoms with Gasteiger partial charge in [-0.15, -0.1) is 12.6 Å². The normalized spacial score (nSPS) is 10.8. The Balaban J connectivity index is 0.000000362. The van der Waals surface area contributed by atoms with Gasteiger partial charge in [0.2, 0.25) is 0 Å². The zero-order chi connectivity index (χ0) is 14.7. The Morgan fingerprint density at radius 2 is 1.21 bits per heavy atom. The summed E-state index contributed by atoms with van der Waals surface area (Å²) in [7, 11) is 0. The van der Waals surface area contributed by atoms with Gasteiger partial charge in [-0.1, -0.05) is 85.3 Å². The molecule has 1 aromatic rings. The Bertz CT molecular complexity index is 299.